The van der Waals surface area contributed by atoms with Crippen LogP contribution in [0, 0.1) is 0 Å². The van der Waals surface area contributed by atoms with Crippen LogP contribution >= 0.6 is 11.8 Å². The molecule has 4 heteroatoms. The number of hydrogen-bond acceptors (Lipinski definition) is 3. The summed E-state index contributed by atoms with van der Waals surface area (Å²) < 4.78 is 0. The van der Waals surface area contributed by atoms with Crippen LogP contribution in [0.2, 0.25) is 0 Å². The molecule has 1 atom stereocenters. The van der Waals surface area contributed by atoms with E-state index in [1.807, 2.05) is 30.5 Å². The third-order valence-electron chi connectivity index (χ3n) is 2.99. The molecule has 1 aromatic rings. The van der Waals surface area contributed by atoms with E-state index in [-0.39, 0.29) is 11.3 Å². The zero-order valence-electron chi connectivity index (χ0n) is 12.2. The van der Waals surface area contributed by atoms with Crippen molar-refractivity contribution in [2.45, 2.75) is 38.6 Å². The van der Waals surface area contributed by atoms with Gasteiger partial charge in [0.1, 0.15) is 0 Å². The van der Waals surface area contributed by atoms with Crippen LogP contribution in [0.3, 0.4) is 0 Å². The predicted octanol–water partition coefficient (Wildman–Crippen LogP) is 3.00. The Kier molecular flexibility index (Phi) is 5.88. The second-order valence-electron chi connectivity index (χ2n) is 5.70. The van der Waals surface area contributed by atoms with Crippen molar-refractivity contribution in [3.8, 4) is 0 Å². The molecular weight excluding hydrogens is 256 g/mol. The van der Waals surface area contributed by atoms with Crippen molar-refractivity contribution < 1.29 is 4.79 Å². The highest BCUT2D eigenvalue weighted by molar-refractivity contribution is 7.98. The Morgan fingerprint density at radius 1 is 1.32 bits per heavy atom. The van der Waals surface area contributed by atoms with Crippen LogP contribution in [0.1, 0.15) is 32.8 Å². The second-order valence-corrected chi connectivity index (χ2v) is 6.69. The molecule has 1 aromatic carbocycles. The first-order valence-electron chi connectivity index (χ1n) is 6.50. The number of rotatable bonds is 5. The van der Waals surface area contributed by atoms with Crippen LogP contribution in [0.4, 0.5) is 5.69 Å². The SMILES string of the molecule is CSCC[C@H](N)C(=O)Nc1ccc(C(C)(C)C)cc1. The van der Waals surface area contributed by atoms with Crippen molar-refractivity contribution in [2.75, 3.05) is 17.3 Å². The van der Waals surface area contributed by atoms with Gasteiger partial charge in [0.25, 0.3) is 0 Å². The maximum atomic E-state index is 11.9. The molecule has 0 aromatic heterocycles. The lowest BCUT2D eigenvalue weighted by Gasteiger charge is -2.19. The van der Waals surface area contributed by atoms with Crippen molar-refractivity contribution in [3.05, 3.63) is 29.8 Å². The summed E-state index contributed by atoms with van der Waals surface area (Å²) in [7, 11) is 0. The first-order valence-corrected chi connectivity index (χ1v) is 7.90. The van der Waals surface area contributed by atoms with Gasteiger partial charge in [-0.1, -0.05) is 32.9 Å². The van der Waals surface area contributed by atoms with Crippen molar-refractivity contribution in [3.63, 3.8) is 0 Å². The van der Waals surface area contributed by atoms with Crippen LogP contribution in [0.25, 0.3) is 0 Å². The van der Waals surface area contributed by atoms with Crippen molar-refractivity contribution >= 4 is 23.4 Å². The summed E-state index contributed by atoms with van der Waals surface area (Å²) in [4.78, 5) is 11.9. The molecule has 0 heterocycles. The van der Waals surface area contributed by atoms with E-state index in [0.29, 0.717) is 6.42 Å². The van der Waals surface area contributed by atoms with Crippen LogP contribution in [0.15, 0.2) is 24.3 Å². The summed E-state index contributed by atoms with van der Waals surface area (Å²) in [6.45, 7) is 6.50. The van der Waals surface area contributed by atoms with Gasteiger partial charge in [0.05, 0.1) is 6.04 Å². The van der Waals surface area contributed by atoms with Crippen LogP contribution in [-0.2, 0) is 10.2 Å². The summed E-state index contributed by atoms with van der Waals surface area (Å²) >= 11 is 1.70. The Labute approximate surface area is 120 Å². The highest BCUT2D eigenvalue weighted by Gasteiger charge is 2.15. The van der Waals surface area contributed by atoms with Crippen molar-refractivity contribution in [1.29, 1.82) is 0 Å². The number of carbonyl (C=O) groups is 1. The van der Waals surface area contributed by atoms with E-state index in [9.17, 15) is 4.79 Å². The van der Waals surface area contributed by atoms with Gasteiger partial charge in [-0.15, -0.1) is 0 Å². The molecule has 1 amide bonds. The van der Waals surface area contributed by atoms with E-state index in [2.05, 4.69) is 26.1 Å². The first-order chi connectivity index (χ1) is 8.84. The van der Waals surface area contributed by atoms with Crippen molar-refractivity contribution in [2.24, 2.45) is 5.73 Å². The average Bonchev–Trinajstić information content (AvgIpc) is 2.35. The first kappa shape index (κ1) is 16.1. The minimum absolute atomic E-state index is 0.113. The van der Waals surface area contributed by atoms with E-state index in [0.717, 1.165) is 11.4 Å². The van der Waals surface area contributed by atoms with Gasteiger partial charge in [0.15, 0.2) is 0 Å². The van der Waals surface area contributed by atoms with Crippen molar-refractivity contribution in [1.82, 2.24) is 0 Å². The third kappa shape index (κ3) is 5.25. The van der Waals surface area contributed by atoms with Gasteiger partial charge < -0.3 is 11.1 Å². The van der Waals surface area contributed by atoms with Crippen LogP contribution < -0.4 is 11.1 Å². The summed E-state index contributed by atoms with van der Waals surface area (Å²) in [5.74, 6) is 0.787. The standard InChI is InChI=1S/C15H24N2OS/c1-15(2,3)11-5-7-12(8-6-11)17-14(18)13(16)9-10-19-4/h5-8,13H,9-10,16H2,1-4H3,(H,17,18)/t13-/m0/s1. The van der Waals surface area contributed by atoms with E-state index < -0.39 is 6.04 Å². The van der Waals surface area contributed by atoms with Gasteiger partial charge in [-0.25, -0.2) is 0 Å². The quantitative estimate of drug-likeness (QED) is 0.871. The lowest BCUT2D eigenvalue weighted by Crippen LogP contribution is -2.36. The molecule has 0 spiro atoms. The highest BCUT2D eigenvalue weighted by Crippen LogP contribution is 2.23. The maximum absolute atomic E-state index is 11.9. The normalized spacial score (nSPS) is 13.1. The summed E-state index contributed by atoms with van der Waals surface area (Å²) in [5, 5.41) is 2.86. The monoisotopic (exact) mass is 280 g/mol. The van der Waals surface area contributed by atoms with E-state index in [1.165, 1.54) is 5.56 Å². The van der Waals surface area contributed by atoms with Gasteiger partial charge in [0.2, 0.25) is 5.91 Å². The summed E-state index contributed by atoms with van der Waals surface area (Å²) in [6.07, 6.45) is 2.71. The Hall–Kier alpha value is -1.00. The number of thioether (sulfide) groups is 1. The summed E-state index contributed by atoms with van der Waals surface area (Å²) in [5.41, 5.74) is 8.00. The lowest BCUT2D eigenvalue weighted by atomic mass is 9.87. The number of hydrogen-bond donors (Lipinski definition) is 2. The van der Waals surface area contributed by atoms with Crippen LogP contribution in [-0.4, -0.2) is 24.0 Å². The molecule has 0 saturated carbocycles. The average molecular weight is 280 g/mol. The Morgan fingerprint density at radius 2 is 1.89 bits per heavy atom. The van der Waals surface area contributed by atoms with Gasteiger partial charge >= 0.3 is 0 Å². The minimum Gasteiger partial charge on any atom is -0.325 e. The lowest BCUT2D eigenvalue weighted by molar-refractivity contribution is -0.117. The van der Waals surface area contributed by atoms with Gasteiger partial charge in [0, 0.05) is 5.69 Å². The zero-order valence-corrected chi connectivity index (χ0v) is 13.0. The molecule has 0 bridgehead atoms. The molecule has 0 aliphatic heterocycles. The van der Waals surface area contributed by atoms with Gasteiger partial charge in [-0.3, -0.25) is 4.79 Å². The molecule has 0 unspecified atom stereocenters. The molecule has 0 aliphatic rings. The molecule has 1 rings (SSSR count). The van der Waals surface area contributed by atoms with E-state index >= 15 is 0 Å². The van der Waals surface area contributed by atoms with Gasteiger partial charge in [-0.2, -0.15) is 11.8 Å². The fourth-order valence-corrected chi connectivity index (χ4v) is 2.15. The number of amides is 1. The largest absolute Gasteiger partial charge is 0.325 e. The fraction of sp³-hybridized carbons (Fsp3) is 0.533. The molecule has 3 nitrogen and oxygen atoms in total. The highest BCUT2D eigenvalue weighted by atomic mass is 32.2. The second kappa shape index (κ2) is 6.96. The Balaban J connectivity index is 2.60. The Bertz CT molecular complexity index is 409. The molecule has 3 N–H and O–H groups in total. The molecule has 0 fully saturated rings. The van der Waals surface area contributed by atoms with E-state index in [1.54, 1.807) is 11.8 Å². The number of carbonyl (C=O) groups excluding carboxylic acids is 1. The molecule has 0 aliphatic carbocycles. The molecule has 106 valence electrons. The third-order valence-corrected chi connectivity index (χ3v) is 3.63. The number of anilines is 1. The number of nitrogens with two attached hydrogens (primary N) is 1. The fourth-order valence-electron chi connectivity index (χ4n) is 1.66. The number of benzene rings is 1. The smallest absolute Gasteiger partial charge is 0.241 e. The van der Waals surface area contributed by atoms with Crippen LogP contribution in [0.5, 0.6) is 0 Å². The zero-order chi connectivity index (χ0) is 14.5. The summed E-state index contributed by atoms with van der Waals surface area (Å²) in [6, 6.07) is 7.51. The Morgan fingerprint density at radius 3 is 2.37 bits per heavy atom. The molecule has 0 radical (unpaired) electrons. The molecular formula is C15H24N2OS. The molecule has 19 heavy (non-hydrogen) atoms. The topological polar surface area (TPSA) is 55.1 Å². The number of nitrogens with one attached hydrogen (secondary N) is 1. The molecule has 0 saturated heterocycles. The van der Waals surface area contributed by atoms with E-state index in [4.69, 9.17) is 5.73 Å². The predicted molar refractivity (Wildman–Crippen MR) is 84.7 cm³/mol. The maximum Gasteiger partial charge on any atom is 0.241 e. The van der Waals surface area contributed by atoms with Gasteiger partial charge in [-0.05, 0) is 41.5 Å². The minimum atomic E-state index is -0.435.